The van der Waals surface area contributed by atoms with Crippen LogP contribution in [0.15, 0.2) is 24.4 Å². The Morgan fingerprint density at radius 2 is 2.05 bits per heavy atom. The van der Waals surface area contributed by atoms with Crippen LogP contribution in [0.5, 0.6) is 0 Å². The summed E-state index contributed by atoms with van der Waals surface area (Å²) in [5.74, 6) is -0.257. The number of hydrogen-bond acceptors (Lipinski definition) is 3. The Kier molecular flexibility index (Phi) is 3.12. The van der Waals surface area contributed by atoms with Gasteiger partial charge in [0.15, 0.2) is 0 Å². The van der Waals surface area contributed by atoms with Crippen LogP contribution in [0, 0.1) is 0 Å². The second-order valence-electron chi connectivity index (χ2n) is 4.58. The van der Waals surface area contributed by atoms with Gasteiger partial charge in [-0.05, 0) is 42.1 Å². The molecule has 0 N–H and O–H groups in total. The predicted molar refractivity (Wildman–Crippen MR) is 66.4 cm³/mol. The van der Waals surface area contributed by atoms with E-state index in [1.54, 1.807) is 6.20 Å². The molecular weight excluding hydrogens is 291 g/mol. The highest BCUT2D eigenvalue weighted by molar-refractivity contribution is 6.28. The molecule has 0 saturated heterocycles. The van der Waals surface area contributed by atoms with Crippen molar-refractivity contribution in [3.8, 4) is 0 Å². The fourth-order valence-electron chi connectivity index (χ4n) is 2.46. The van der Waals surface area contributed by atoms with E-state index in [1.807, 2.05) is 12.1 Å². The van der Waals surface area contributed by atoms with Crippen LogP contribution in [0.1, 0.15) is 35.0 Å². The van der Waals surface area contributed by atoms with E-state index < -0.39 is 11.9 Å². The molecule has 104 valence electrons. The average Bonchev–Trinajstić information content (AvgIpc) is 2.80. The third-order valence-electron chi connectivity index (χ3n) is 3.32. The summed E-state index contributed by atoms with van der Waals surface area (Å²) in [5, 5.41) is -0.390. The third kappa shape index (κ3) is 2.35. The lowest BCUT2D eigenvalue weighted by Crippen LogP contribution is -2.12. The minimum absolute atomic E-state index is 0.257. The predicted octanol–water partition coefficient (Wildman–Crippen LogP) is 3.62. The van der Waals surface area contributed by atoms with Crippen LogP contribution < -0.4 is 0 Å². The zero-order valence-corrected chi connectivity index (χ0v) is 10.9. The number of aromatic nitrogens is 3. The molecule has 7 heteroatoms. The molecule has 3 rings (SSSR count). The molecular formula is C13H9ClF3N3. The van der Waals surface area contributed by atoms with Crippen LogP contribution in [0.4, 0.5) is 13.2 Å². The molecule has 20 heavy (non-hydrogen) atoms. The first-order valence-corrected chi connectivity index (χ1v) is 6.38. The quantitative estimate of drug-likeness (QED) is 0.755. The molecule has 3 nitrogen and oxygen atoms in total. The lowest BCUT2D eigenvalue weighted by molar-refractivity contribution is -0.141. The molecule has 2 aromatic heterocycles. The number of pyridine rings is 1. The van der Waals surface area contributed by atoms with Gasteiger partial charge < -0.3 is 0 Å². The van der Waals surface area contributed by atoms with Crippen LogP contribution in [-0.4, -0.2) is 15.0 Å². The largest absolute Gasteiger partial charge is 0.433 e. The highest BCUT2D eigenvalue weighted by Gasteiger charge is 2.35. The van der Waals surface area contributed by atoms with Gasteiger partial charge in [0.2, 0.25) is 5.28 Å². The van der Waals surface area contributed by atoms with Gasteiger partial charge in [-0.1, -0.05) is 6.07 Å². The Balaban J connectivity index is 2.06. The standard InChI is InChI=1S/C13H9ClF3N3/c14-12-19-9(6-10(20-12)13(15,16)17)8-4-3-7-2-1-5-18-11(7)8/h1-2,5-6,8H,3-4H2. The van der Waals surface area contributed by atoms with Crippen LogP contribution >= 0.6 is 11.6 Å². The number of nitrogens with zero attached hydrogens (tertiary/aromatic N) is 3. The van der Waals surface area contributed by atoms with Gasteiger partial charge in [0.1, 0.15) is 5.69 Å². The molecule has 2 aromatic rings. The van der Waals surface area contributed by atoms with E-state index in [2.05, 4.69) is 15.0 Å². The Morgan fingerprint density at radius 3 is 2.80 bits per heavy atom. The van der Waals surface area contributed by atoms with Gasteiger partial charge in [-0.2, -0.15) is 13.2 Å². The van der Waals surface area contributed by atoms with E-state index >= 15 is 0 Å². The van der Waals surface area contributed by atoms with Gasteiger partial charge in [-0.25, -0.2) is 9.97 Å². The van der Waals surface area contributed by atoms with Crippen molar-refractivity contribution in [3.63, 3.8) is 0 Å². The minimum Gasteiger partial charge on any atom is -0.260 e. The van der Waals surface area contributed by atoms with Crippen LogP contribution in [0.25, 0.3) is 0 Å². The van der Waals surface area contributed by atoms with Gasteiger partial charge in [-0.15, -0.1) is 0 Å². The van der Waals surface area contributed by atoms with Crippen molar-refractivity contribution >= 4 is 11.6 Å². The second-order valence-corrected chi connectivity index (χ2v) is 4.92. The van der Waals surface area contributed by atoms with Crippen molar-refractivity contribution in [2.75, 3.05) is 0 Å². The van der Waals surface area contributed by atoms with E-state index in [0.29, 0.717) is 6.42 Å². The molecule has 1 aliphatic carbocycles. The van der Waals surface area contributed by atoms with Crippen LogP contribution in [-0.2, 0) is 12.6 Å². The molecule has 0 aromatic carbocycles. The molecule has 0 spiro atoms. The van der Waals surface area contributed by atoms with Gasteiger partial charge >= 0.3 is 6.18 Å². The summed E-state index contributed by atoms with van der Waals surface area (Å²) in [6.07, 6.45) is -1.45. The number of aryl methyl sites for hydroxylation is 1. The normalized spacial score (nSPS) is 18.1. The maximum Gasteiger partial charge on any atom is 0.433 e. The number of hydrogen-bond donors (Lipinski definition) is 0. The zero-order chi connectivity index (χ0) is 14.3. The van der Waals surface area contributed by atoms with Crippen molar-refractivity contribution in [1.82, 2.24) is 15.0 Å². The highest BCUT2D eigenvalue weighted by atomic mass is 35.5. The first kappa shape index (κ1) is 13.3. The molecule has 0 fully saturated rings. The summed E-state index contributed by atoms with van der Waals surface area (Å²) in [6.45, 7) is 0. The van der Waals surface area contributed by atoms with E-state index in [0.717, 1.165) is 23.7 Å². The summed E-state index contributed by atoms with van der Waals surface area (Å²) in [7, 11) is 0. The molecule has 0 bridgehead atoms. The molecule has 1 aliphatic rings. The van der Waals surface area contributed by atoms with E-state index in [1.165, 1.54) is 0 Å². The van der Waals surface area contributed by atoms with Gasteiger partial charge in [0.05, 0.1) is 11.4 Å². The maximum atomic E-state index is 12.8. The van der Waals surface area contributed by atoms with E-state index in [9.17, 15) is 13.2 Å². The maximum absolute atomic E-state index is 12.8. The monoisotopic (exact) mass is 299 g/mol. The first-order valence-electron chi connectivity index (χ1n) is 6.00. The summed E-state index contributed by atoms with van der Waals surface area (Å²) in [4.78, 5) is 11.4. The lowest BCUT2D eigenvalue weighted by atomic mass is 10.0. The molecule has 0 amide bonds. The SMILES string of the molecule is FC(F)(F)c1cc(C2CCc3cccnc32)nc(Cl)n1. The fourth-order valence-corrected chi connectivity index (χ4v) is 2.65. The van der Waals surface area contributed by atoms with Gasteiger partial charge in [-0.3, -0.25) is 4.98 Å². The topological polar surface area (TPSA) is 38.7 Å². The van der Waals surface area contributed by atoms with Crippen molar-refractivity contribution in [2.24, 2.45) is 0 Å². The average molecular weight is 300 g/mol. The van der Waals surface area contributed by atoms with Crippen molar-refractivity contribution < 1.29 is 13.2 Å². The Labute approximate surface area is 117 Å². The first-order chi connectivity index (χ1) is 9.45. The van der Waals surface area contributed by atoms with E-state index in [-0.39, 0.29) is 16.9 Å². The lowest BCUT2D eigenvalue weighted by Gasteiger charge is -2.13. The zero-order valence-electron chi connectivity index (χ0n) is 10.2. The van der Waals surface area contributed by atoms with Crippen LogP contribution in [0.2, 0.25) is 5.28 Å². The molecule has 0 aliphatic heterocycles. The Morgan fingerprint density at radius 1 is 1.25 bits per heavy atom. The number of alkyl halides is 3. The highest BCUT2D eigenvalue weighted by Crippen LogP contribution is 2.37. The van der Waals surface area contributed by atoms with Crippen LogP contribution in [0.3, 0.4) is 0 Å². The van der Waals surface area contributed by atoms with Gasteiger partial charge in [0.25, 0.3) is 0 Å². The summed E-state index contributed by atoms with van der Waals surface area (Å²) in [5.41, 5.74) is 1.07. The Bertz CT molecular complexity index is 658. The third-order valence-corrected chi connectivity index (χ3v) is 3.49. The summed E-state index contributed by atoms with van der Waals surface area (Å²) >= 11 is 5.62. The Hall–Kier alpha value is -1.69. The number of halogens is 4. The minimum atomic E-state index is -4.53. The smallest absolute Gasteiger partial charge is 0.260 e. The van der Waals surface area contributed by atoms with Crippen molar-refractivity contribution in [1.29, 1.82) is 0 Å². The summed E-state index contributed by atoms with van der Waals surface area (Å²) < 4.78 is 38.3. The van der Waals surface area contributed by atoms with E-state index in [4.69, 9.17) is 11.6 Å². The molecule has 0 saturated carbocycles. The van der Waals surface area contributed by atoms with Crippen molar-refractivity contribution in [2.45, 2.75) is 24.9 Å². The number of rotatable bonds is 1. The number of fused-ring (bicyclic) bond motifs is 1. The second kappa shape index (κ2) is 4.70. The molecule has 1 atom stereocenters. The molecule has 1 unspecified atom stereocenters. The van der Waals surface area contributed by atoms with Gasteiger partial charge in [0, 0.05) is 12.1 Å². The van der Waals surface area contributed by atoms with Crippen molar-refractivity contribution in [3.05, 3.63) is 52.3 Å². The summed E-state index contributed by atoms with van der Waals surface area (Å²) in [6, 6.07) is 4.70. The molecule has 2 heterocycles. The fraction of sp³-hybridized carbons (Fsp3) is 0.308. The molecule has 0 radical (unpaired) electrons.